The van der Waals surface area contributed by atoms with E-state index in [-0.39, 0.29) is 23.1 Å². The zero-order valence-electron chi connectivity index (χ0n) is 15.1. The average Bonchev–Trinajstić information content (AvgIpc) is 2.99. The van der Waals surface area contributed by atoms with Crippen LogP contribution in [-0.4, -0.2) is 70.1 Å². The molecule has 8 nitrogen and oxygen atoms in total. The Morgan fingerprint density at radius 1 is 1.15 bits per heavy atom. The van der Waals surface area contributed by atoms with Crippen LogP contribution in [0.1, 0.15) is 23.7 Å². The van der Waals surface area contributed by atoms with E-state index in [2.05, 4.69) is 0 Å². The molecule has 26 heavy (non-hydrogen) atoms. The molecule has 0 N–H and O–H groups in total. The number of amides is 1. The molecule has 1 fully saturated rings. The van der Waals surface area contributed by atoms with E-state index in [9.17, 15) is 18.0 Å². The Bertz CT molecular complexity index is 753. The van der Waals surface area contributed by atoms with Crippen LogP contribution in [-0.2, 0) is 19.4 Å². The Kier molecular flexibility index (Phi) is 6.47. The Hall–Kier alpha value is -2.29. The van der Waals surface area contributed by atoms with E-state index in [4.69, 9.17) is 14.2 Å². The summed E-state index contributed by atoms with van der Waals surface area (Å²) in [4.78, 5) is 26.0. The second-order valence-corrected chi connectivity index (χ2v) is 8.14. The summed E-state index contributed by atoms with van der Waals surface area (Å²) in [7, 11) is -0.182. The molecular weight excluding hydrogens is 362 g/mol. The van der Waals surface area contributed by atoms with Crippen molar-refractivity contribution in [2.75, 3.05) is 38.9 Å². The topological polar surface area (TPSA) is 99.2 Å². The first-order valence-corrected chi connectivity index (χ1v) is 10.0. The van der Waals surface area contributed by atoms with Crippen LogP contribution in [0.5, 0.6) is 11.5 Å². The maximum atomic E-state index is 12.4. The summed E-state index contributed by atoms with van der Waals surface area (Å²) >= 11 is 0. The maximum absolute atomic E-state index is 12.4. The molecule has 1 atom stereocenters. The van der Waals surface area contributed by atoms with Gasteiger partial charge >= 0.3 is 5.97 Å². The van der Waals surface area contributed by atoms with Gasteiger partial charge in [-0.15, -0.1) is 0 Å². The van der Waals surface area contributed by atoms with Crippen LogP contribution in [0.25, 0.3) is 0 Å². The van der Waals surface area contributed by atoms with Gasteiger partial charge < -0.3 is 19.1 Å². The number of carbonyl (C=O) groups excluding carboxylic acids is 2. The zero-order valence-corrected chi connectivity index (χ0v) is 15.9. The predicted octanol–water partition coefficient (Wildman–Crippen LogP) is 0.896. The van der Waals surface area contributed by atoms with Crippen LogP contribution in [0.15, 0.2) is 18.2 Å². The molecule has 1 aromatic rings. The van der Waals surface area contributed by atoms with Gasteiger partial charge in [-0.25, -0.2) is 13.2 Å². The first-order chi connectivity index (χ1) is 12.3. The number of nitrogens with zero attached hydrogens (tertiary/aromatic N) is 1. The number of sulfone groups is 1. The van der Waals surface area contributed by atoms with Crippen LogP contribution in [0.4, 0.5) is 0 Å². The van der Waals surface area contributed by atoms with Crippen molar-refractivity contribution in [2.24, 2.45) is 0 Å². The normalized spacial score (nSPS) is 18.2. The van der Waals surface area contributed by atoms with Crippen LogP contribution in [0.2, 0.25) is 0 Å². The van der Waals surface area contributed by atoms with Gasteiger partial charge in [-0.1, -0.05) is 0 Å². The summed E-state index contributed by atoms with van der Waals surface area (Å²) in [5, 5.41) is 0. The fourth-order valence-corrected chi connectivity index (χ4v) is 4.61. The fourth-order valence-electron chi connectivity index (χ4n) is 2.88. The minimum atomic E-state index is -3.10. The number of rotatable bonds is 7. The lowest BCUT2D eigenvalue weighted by molar-refractivity contribution is -0.136. The number of ether oxygens (including phenoxy) is 3. The first kappa shape index (κ1) is 20.0. The molecule has 9 heteroatoms. The van der Waals surface area contributed by atoms with Crippen LogP contribution < -0.4 is 9.47 Å². The van der Waals surface area contributed by atoms with E-state index in [1.165, 1.54) is 31.3 Å². The van der Waals surface area contributed by atoms with Crippen LogP contribution in [0, 0.1) is 0 Å². The lowest BCUT2D eigenvalue weighted by atomic mass is 10.2. The average molecular weight is 385 g/mol. The predicted molar refractivity (Wildman–Crippen MR) is 94.3 cm³/mol. The Morgan fingerprint density at radius 2 is 1.77 bits per heavy atom. The number of likely N-dealkylation sites (N-methyl/N-ethyl adjacent to an activating group) is 1. The van der Waals surface area contributed by atoms with Crippen molar-refractivity contribution >= 4 is 21.7 Å². The van der Waals surface area contributed by atoms with E-state index < -0.39 is 28.3 Å². The third-order valence-corrected chi connectivity index (χ3v) is 5.97. The van der Waals surface area contributed by atoms with Crippen LogP contribution >= 0.6 is 0 Å². The van der Waals surface area contributed by atoms with Crippen LogP contribution in [0.3, 0.4) is 0 Å². The summed E-state index contributed by atoms with van der Waals surface area (Å²) in [6.07, 6.45) is 0.406. The molecule has 0 bridgehead atoms. The Balaban J connectivity index is 2.01. The highest BCUT2D eigenvalue weighted by molar-refractivity contribution is 7.91. The molecule has 0 aliphatic carbocycles. The van der Waals surface area contributed by atoms with Gasteiger partial charge in [0.15, 0.2) is 16.4 Å². The lowest BCUT2D eigenvalue weighted by Gasteiger charge is -2.26. The largest absolute Gasteiger partial charge is 0.497 e. The van der Waals surface area contributed by atoms with E-state index in [0.29, 0.717) is 24.5 Å². The number of carbonyl (C=O) groups is 2. The molecule has 1 heterocycles. The van der Waals surface area contributed by atoms with Gasteiger partial charge in [-0.3, -0.25) is 4.79 Å². The van der Waals surface area contributed by atoms with Gasteiger partial charge in [-0.2, -0.15) is 0 Å². The number of benzene rings is 1. The smallest absolute Gasteiger partial charge is 0.338 e. The van der Waals surface area contributed by atoms with E-state index in [1.54, 1.807) is 13.0 Å². The van der Waals surface area contributed by atoms with Gasteiger partial charge in [0, 0.05) is 18.7 Å². The van der Waals surface area contributed by atoms with E-state index in [1.807, 2.05) is 0 Å². The summed E-state index contributed by atoms with van der Waals surface area (Å²) in [5.74, 6) is -0.232. The molecule has 0 saturated carbocycles. The fraction of sp³-hybridized carbons (Fsp3) is 0.529. The van der Waals surface area contributed by atoms with Gasteiger partial charge in [0.05, 0.1) is 31.3 Å². The number of hydrogen-bond donors (Lipinski definition) is 0. The lowest BCUT2D eigenvalue weighted by Crippen LogP contribution is -2.43. The molecule has 2 rings (SSSR count). The van der Waals surface area contributed by atoms with Gasteiger partial charge in [0.2, 0.25) is 0 Å². The third kappa shape index (κ3) is 4.87. The van der Waals surface area contributed by atoms with Crippen molar-refractivity contribution in [3.63, 3.8) is 0 Å². The quantitative estimate of drug-likeness (QED) is 0.643. The number of methoxy groups -OCH3 is 2. The molecular formula is C17H23NO7S. The number of hydrogen-bond acceptors (Lipinski definition) is 7. The minimum Gasteiger partial charge on any atom is -0.497 e. The van der Waals surface area contributed by atoms with Crippen molar-refractivity contribution in [1.82, 2.24) is 4.90 Å². The number of esters is 1. The van der Waals surface area contributed by atoms with E-state index >= 15 is 0 Å². The van der Waals surface area contributed by atoms with Gasteiger partial charge in [0.1, 0.15) is 11.5 Å². The molecule has 0 radical (unpaired) electrons. The molecule has 1 saturated heterocycles. The highest BCUT2D eigenvalue weighted by Crippen LogP contribution is 2.23. The molecule has 0 aromatic heterocycles. The standard InChI is InChI=1S/C17H23NO7S/c1-4-18(13-5-6-26(21,22)11-13)16(19)10-25-17(20)12-7-14(23-2)9-15(8-12)24-3/h7-9,13H,4-6,10-11H2,1-3H3/t13-/m1/s1. The van der Waals surface area contributed by atoms with Crippen molar-refractivity contribution in [3.05, 3.63) is 23.8 Å². The Labute approximate surface area is 152 Å². The van der Waals surface area contributed by atoms with Crippen molar-refractivity contribution in [1.29, 1.82) is 0 Å². The summed E-state index contributed by atoms with van der Waals surface area (Å²) in [5.41, 5.74) is 0.195. The second-order valence-electron chi connectivity index (χ2n) is 5.91. The maximum Gasteiger partial charge on any atom is 0.338 e. The molecule has 1 aliphatic rings. The first-order valence-electron chi connectivity index (χ1n) is 8.19. The zero-order chi connectivity index (χ0) is 19.3. The summed E-state index contributed by atoms with van der Waals surface area (Å²) in [6.45, 7) is 1.66. The van der Waals surface area contributed by atoms with Crippen molar-refractivity contribution in [2.45, 2.75) is 19.4 Å². The van der Waals surface area contributed by atoms with Crippen molar-refractivity contribution in [3.8, 4) is 11.5 Å². The SMILES string of the molecule is CCN(C(=O)COC(=O)c1cc(OC)cc(OC)c1)[C@@H]1CCS(=O)(=O)C1. The molecule has 1 aliphatic heterocycles. The highest BCUT2D eigenvalue weighted by atomic mass is 32.2. The Morgan fingerprint density at radius 3 is 2.23 bits per heavy atom. The molecule has 1 aromatic carbocycles. The molecule has 0 spiro atoms. The second kappa shape index (κ2) is 8.39. The van der Waals surface area contributed by atoms with Crippen molar-refractivity contribution < 1.29 is 32.2 Å². The molecule has 0 unspecified atom stereocenters. The third-order valence-electron chi connectivity index (χ3n) is 4.22. The van der Waals surface area contributed by atoms with E-state index in [0.717, 1.165) is 0 Å². The highest BCUT2D eigenvalue weighted by Gasteiger charge is 2.34. The molecule has 144 valence electrons. The molecule has 1 amide bonds. The minimum absolute atomic E-state index is 0.0480. The monoisotopic (exact) mass is 385 g/mol. The summed E-state index contributed by atoms with van der Waals surface area (Å²) in [6, 6.07) is 4.21. The van der Waals surface area contributed by atoms with Gasteiger partial charge in [0.25, 0.3) is 5.91 Å². The van der Waals surface area contributed by atoms with Gasteiger partial charge in [-0.05, 0) is 25.5 Å². The summed E-state index contributed by atoms with van der Waals surface area (Å²) < 4.78 is 38.5.